The van der Waals surface area contributed by atoms with Crippen molar-refractivity contribution in [1.29, 1.82) is 0 Å². The molecule has 0 aromatic carbocycles. The maximum atomic E-state index is 11.2. The Kier molecular flexibility index (Phi) is 5.46. The fourth-order valence-electron chi connectivity index (χ4n) is 1.60. The number of hydrogen-bond donors (Lipinski definition) is 1. The van der Waals surface area contributed by atoms with Gasteiger partial charge in [-0.3, -0.25) is 4.79 Å². The molecule has 1 atom stereocenters. The molecule has 0 aliphatic heterocycles. The van der Waals surface area contributed by atoms with Crippen molar-refractivity contribution in [2.24, 2.45) is 5.73 Å². The fourth-order valence-corrected chi connectivity index (χ4v) is 1.60. The highest BCUT2D eigenvalue weighted by Gasteiger charge is 2.12. The van der Waals surface area contributed by atoms with Gasteiger partial charge in [-0.05, 0) is 31.9 Å². The number of nitrogens with two attached hydrogens (primary N) is 1. The van der Waals surface area contributed by atoms with E-state index in [9.17, 15) is 4.79 Å². The zero-order chi connectivity index (χ0) is 12.7. The fraction of sp³-hybridized carbons (Fsp3) is 0.538. The molecule has 0 aliphatic carbocycles. The van der Waals surface area contributed by atoms with Gasteiger partial charge in [0.15, 0.2) is 0 Å². The van der Waals surface area contributed by atoms with Crippen LogP contribution in [0.4, 0.5) is 0 Å². The summed E-state index contributed by atoms with van der Waals surface area (Å²) in [7, 11) is 0. The minimum absolute atomic E-state index is 0.0505. The summed E-state index contributed by atoms with van der Waals surface area (Å²) < 4.78 is 5.64. The predicted octanol–water partition coefficient (Wildman–Crippen LogP) is 2.53. The van der Waals surface area contributed by atoms with Gasteiger partial charge in [-0.1, -0.05) is 19.8 Å². The standard InChI is InChI=1S/C13H20N2O2/c1-3-4-5-7-10(2)17-13-11(12(14)16)8-6-9-15-13/h6,8-10H,3-5,7H2,1-2H3,(H2,14,16)/t10-/m0/s1. The molecule has 0 spiro atoms. The van der Waals surface area contributed by atoms with Gasteiger partial charge in [-0.25, -0.2) is 4.98 Å². The zero-order valence-corrected chi connectivity index (χ0v) is 10.5. The summed E-state index contributed by atoms with van der Waals surface area (Å²) in [6, 6.07) is 3.30. The van der Waals surface area contributed by atoms with Crippen LogP contribution < -0.4 is 10.5 Å². The molecular formula is C13H20N2O2. The molecular weight excluding hydrogens is 216 g/mol. The molecule has 0 bridgehead atoms. The van der Waals surface area contributed by atoms with Crippen LogP contribution in [0, 0.1) is 0 Å². The van der Waals surface area contributed by atoms with Crippen molar-refractivity contribution < 1.29 is 9.53 Å². The summed E-state index contributed by atoms with van der Waals surface area (Å²) >= 11 is 0. The number of pyridine rings is 1. The van der Waals surface area contributed by atoms with Crippen LogP contribution in [0.5, 0.6) is 5.88 Å². The minimum Gasteiger partial charge on any atom is -0.474 e. The third-order valence-corrected chi connectivity index (χ3v) is 2.56. The van der Waals surface area contributed by atoms with Crippen LogP contribution in [0.3, 0.4) is 0 Å². The predicted molar refractivity (Wildman–Crippen MR) is 67.0 cm³/mol. The average molecular weight is 236 g/mol. The molecule has 0 saturated heterocycles. The maximum absolute atomic E-state index is 11.2. The van der Waals surface area contributed by atoms with Gasteiger partial charge in [0.25, 0.3) is 5.91 Å². The molecule has 0 saturated carbocycles. The molecule has 94 valence electrons. The summed E-state index contributed by atoms with van der Waals surface area (Å²) in [5.41, 5.74) is 5.60. The van der Waals surface area contributed by atoms with Crippen LogP contribution in [-0.2, 0) is 0 Å². The number of carbonyl (C=O) groups is 1. The molecule has 4 heteroatoms. The summed E-state index contributed by atoms with van der Waals surface area (Å²) in [4.78, 5) is 15.2. The lowest BCUT2D eigenvalue weighted by molar-refractivity contribution is 0.0991. The van der Waals surface area contributed by atoms with Crippen LogP contribution in [0.15, 0.2) is 18.3 Å². The number of amides is 1. The zero-order valence-electron chi connectivity index (χ0n) is 10.5. The number of ether oxygens (including phenoxy) is 1. The molecule has 17 heavy (non-hydrogen) atoms. The Labute approximate surface area is 102 Å². The van der Waals surface area contributed by atoms with Crippen molar-refractivity contribution in [3.63, 3.8) is 0 Å². The Bertz CT molecular complexity index is 366. The van der Waals surface area contributed by atoms with Crippen molar-refractivity contribution in [2.75, 3.05) is 0 Å². The molecule has 0 aliphatic rings. The number of hydrogen-bond acceptors (Lipinski definition) is 3. The van der Waals surface area contributed by atoms with Crippen LogP contribution in [-0.4, -0.2) is 17.0 Å². The van der Waals surface area contributed by atoms with E-state index >= 15 is 0 Å². The van der Waals surface area contributed by atoms with E-state index < -0.39 is 5.91 Å². The van der Waals surface area contributed by atoms with E-state index in [0.717, 1.165) is 12.8 Å². The first kappa shape index (κ1) is 13.5. The lowest BCUT2D eigenvalue weighted by Gasteiger charge is -2.15. The summed E-state index contributed by atoms with van der Waals surface area (Å²) in [5, 5.41) is 0. The number of rotatable bonds is 7. The number of nitrogens with zero attached hydrogens (tertiary/aromatic N) is 1. The second kappa shape index (κ2) is 6.89. The monoisotopic (exact) mass is 236 g/mol. The minimum atomic E-state index is -0.506. The largest absolute Gasteiger partial charge is 0.474 e. The Balaban J connectivity index is 2.58. The van der Waals surface area contributed by atoms with Gasteiger partial charge in [-0.15, -0.1) is 0 Å². The van der Waals surface area contributed by atoms with E-state index in [1.807, 2.05) is 6.92 Å². The van der Waals surface area contributed by atoms with Gasteiger partial charge in [0, 0.05) is 6.20 Å². The van der Waals surface area contributed by atoms with Crippen LogP contribution in [0.1, 0.15) is 49.9 Å². The molecule has 1 rings (SSSR count). The van der Waals surface area contributed by atoms with Crippen molar-refractivity contribution >= 4 is 5.91 Å². The summed E-state index contributed by atoms with van der Waals surface area (Å²) in [6.45, 7) is 4.14. The molecule has 0 radical (unpaired) electrons. The number of primary amides is 1. The van der Waals surface area contributed by atoms with Crippen LogP contribution in [0.2, 0.25) is 0 Å². The van der Waals surface area contributed by atoms with E-state index in [4.69, 9.17) is 10.5 Å². The highest BCUT2D eigenvalue weighted by Crippen LogP contribution is 2.17. The SMILES string of the molecule is CCCCC[C@H](C)Oc1ncccc1C(N)=O. The lowest BCUT2D eigenvalue weighted by Crippen LogP contribution is -2.18. The third kappa shape index (κ3) is 4.43. The van der Waals surface area contributed by atoms with Crippen molar-refractivity contribution in [3.05, 3.63) is 23.9 Å². The highest BCUT2D eigenvalue weighted by atomic mass is 16.5. The number of unbranched alkanes of at least 4 members (excludes halogenated alkanes) is 2. The first-order valence-corrected chi connectivity index (χ1v) is 6.06. The highest BCUT2D eigenvalue weighted by molar-refractivity contribution is 5.94. The Morgan fingerprint density at radius 2 is 2.29 bits per heavy atom. The molecule has 0 unspecified atom stereocenters. The van der Waals surface area contributed by atoms with Gasteiger partial charge < -0.3 is 10.5 Å². The normalized spacial score (nSPS) is 12.1. The lowest BCUT2D eigenvalue weighted by atomic mass is 10.1. The third-order valence-electron chi connectivity index (χ3n) is 2.56. The van der Waals surface area contributed by atoms with Gasteiger partial charge in [0.2, 0.25) is 5.88 Å². The first-order valence-electron chi connectivity index (χ1n) is 6.06. The van der Waals surface area contributed by atoms with Crippen molar-refractivity contribution in [2.45, 2.75) is 45.6 Å². The van der Waals surface area contributed by atoms with E-state index in [0.29, 0.717) is 11.4 Å². The molecule has 1 aromatic heterocycles. The number of aromatic nitrogens is 1. The van der Waals surface area contributed by atoms with E-state index in [2.05, 4.69) is 11.9 Å². The van der Waals surface area contributed by atoms with Crippen molar-refractivity contribution in [1.82, 2.24) is 4.98 Å². The maximum Gasteiger partial charge on any atom is 0.254 e. The van der Waals surface area contributed by atoms with Crippen LogP contribution >= 0.6 is 0 Å². The van der Waals surface area contributed by atoms with Crippen molar-refractivity contribution in [3.8, 4) is 5.88 Å². The van der Waals surface area contributed by atoms with E-state index in [1.54, 1.807) is 18.3 Å². The van der Waals surface area contributed by atoms with Gasteiger partial charge >= 0.3 is 0 Å². The molecule has 1 amide bonds. The summed E-state index contributed by atoms with van der Waals surface area (Å²) in [6.07, 6.45) is 6.11. The molecule has 1 aromatic rings. The van der Waals surface area contributed by atoms with Gasteiger partial charge in [0.1, 0.15) is 5.56 Å². The second-order valence-corrected chi connectivity index (χ2v) is 4.14. The average Bonchev–Trinajstić information content (AvgIpc) is 2.29. The second-order valence-electron chi connectivity index (χ2n) is 4.14. The van der Waals surface area contributed by atoms with Gasteiger partial charge in [-0.2, -0.15) is 0 Å². The first-order chi connectivity index (χ1) is 8.15. The topological polar surface area (TPSA) is 65.2 Å². The van der Waals surface area contributed by atoms with Crippen LogP contribution in [0.25, 0.3) is 0 Å². The smallest absolute Gasteiger partial charge is 0.254 e. The van der Waals surface area contributed by atoms with E-state index in [1.165, 1.54) is 12.8 Å². The molecule has 1 heterocycles. The Morgan fingerprint density at radius 1 is 1.53 bits per heavy atom. The number of carbonyl (C=O) groups excluding carboxylic acids is 1. The van der Waals surface area contributed by atoms with E-state index in [-0.39, 0.29) is 6.10 Å². The molecule has 2 N–H and O–H groups in total. The molecule has 4 nitrogen and oxygen atoms in total. The summed E-state index contributed by atoms with van der Waals surface area (Å²) in [5.74, 6) is -0.169. The Morgan fingerprint density at radius 3 is 2.94 bits per heavy atom. The van der Waals surface area contributed by atoms with Gasteiger partial charge in [0.05, 0.1) is 6.10 Å². The Hall–Kier alpha value is -1.58. The quantitative estimate of drug-likeness (QED) is 0.740. The molecule has 0 fully saturated rings.